The number of fused-ring (bicyclic) bond motifs is 1. The first kappa shape index (κ1) is 18.2. The minimum Gasteiger partial charge on any atom is -0.497 e. The van der Waals surface area contributed by atoms with Crippen molar-refractivity contribution in [3.05, 3.63) is 41.5 Å². The highest BCUT2D eigenvalue weighted by molar-refractivity contribution is 5.52. The molecule has 4 atom stereocenters. The highest BCUT2D eigenvalue weighted by atomic mass is 16.5. The third kappa shape index (κ3) is 3.82. The fourth-order valence-corrected chi connectivity index (χ4v) is 4.64. The number of hydrogen-bond donors (Lipinski definition) is 0. The summed E-state index contributed by atoms with van der Waals surface area (Å²) < 4.78 is 11.6. The van der Waals surface area contributed by atoms with Crippen LogP contribution in [0.2, 0.25) is 0 Å². The number of methoxy groups -OCH3 is 1. The lowest BCUT2D eigenvalue weighted by Crippen LogP contribution is -2.42. The highest BCUT2D eigenvalue weighted by Gasteiger charge is 2.43. The molecular formula is C22H30O3. The zero-order chi connectivity index (χ0) is 17.9. The summed E-state index contributed by atoms with van der Waals surface area (Å²) in [7, 11) is 1.68. The van der Waals surface area contributed by atoms with E-state index in [1.165, 1.54) is 24.0 Å². The fraction of sp³-hybridized carbons (Fsp3) is 0.591. The van der Waals surface area contributed by atoms with Crippen molar-refractivity contribution in [2.75, 3.05) is 7.11 Å². The van der Waals surface area contributed by atoms with Crippen LogP contribution in [0.4, 0.5) is 0 Å². The molecule has 0 unspecified atom stereocenters. The van der Waals surface area contributed by atoms with Crippen LogP contribution in [0.5, 0.6) is 5.75 Å². The number of carbonyl (C=O) groups excluding carboxylic acids is 1. The molecule has 1 saturated carbocycles. The van der Waals surface area contributed by atoms with Crippen LogP contribution in [-0.4, -0.2) is 19.5 Å². The lowest BCUT2D eigenvalue weighted by atomic mass is 9.60. The largest absolute Gasteiger partial charge is 0.497 e. The second-order valence-corrected chi connectivity index (χ2v) is 7.93. The Bertz CT molecular complexity index is 619. The number of benzene rings is 1. The summed E-state index contributed by atoms with van der Waals surface area (Å²) in [6.45, 7) is 5.18. The van der Waals surface area contributed by atoms with Crippen molar-refractivity contribution in [2.24, 2.45) is 17.3 Å². The number of aldehydes is 1. The van der Waals surface area contributed by atoms with Gasteiger partial charge < -0.3 is 14.3 Å². The maximum absolute atomic E-state index is 11.2. The van der Waals surface area contributed by atoms with Crippen LogP contribution < -0.4 is 4.74 Å². The quantitative estimate of drug-likeness (QED) is 0.542. The third-order valence-electron chi connectivity index (χ3n) is 6.14. The average molecular weight is 342 g/mol. The predicted octanol–water partition coefficient (Wildman–Crippen LogP) is 4.94. The van der Waals surface area contributed by atoms with Crippen molar-refractivity contribution in [1.82, 2.24) is 0 Å². The molecule has 0 aliphatic heterocycles. The van der Waals surface area contributed by atoms with Crippen molar-refractivity contribution in [3.8, 4) is 5.75 Å². The molecule has 1 fully saturated rings. The lowest BCUT2D eigenvalue weighted by Gasteiger charge is -2.47. The molecule has 0 aromatic heterocycles. The molecule has 136 valence electrons. The minimum absolute atomic E-state index is 0.0343. The molecule has 0 heterocycles. The molecule has 3 nitrogen and oxygen atoms in total. The first-order valence-electron chi connectivity index (χ1n) is 9.46. The van der Waals surface area contributed by atoms with Crippen molar-refractivity contribution in [3.63, 3.8) is 0 Å². The Kier molecular flexibility index (Phi) is 5.63. The summed E-state index contributed by atoms with van der Waals surface area (Å²) >= 11 is 0. The summed E-state index contributed by atoms with van der Waals surface area (Å²) in [5.41, 5.74) is 2.69. The van der Waals surface area contributed by atoms with Crippen molar-refractivity contribution in [1.29, 1.82) is 0 Å². The van der Waals surface area contributed by atoms with Gasteiger partial charge in [0.05, 0.1) is 19.8 Å². The van der Waals surface area contributed by atoms with Gasteiger partial charge in [-0.25, -0.2) is 0 Å². The maximum Gasteiger partial charge on any atom is 0.120 e. The Morgan fingerprint density at radius 3 is 2.72 bits per heavy atom. The monoisotopic (exact) mass is 342 g/mol. The first-order chi connectivity index (χ1) is 12.1. The molecule has 2 aliphatic rings. The maximum atomic E-state index is 11.2. The van der Waals surface area contributed by atoms with Crippen LogP contribution in [-0.2, 0) is 16.1 Å². The van der Waals surface area contributed by atoms with Crippen molar-refractivity contribution in [2.45, 2.75) is 58.7 Å². The van der Waals surface area contributed by atoms with Crippen LogP contribution in [0.1, 0.15) is 51.5 Å². The van der Waals surface area contributed by atoms with Gasteiger partial charge in [-0.1, -0.05) is 44.1 Å². The fourth-order valence-electron chi connectivity index (χ4n) is 4.64. The molecule has 3 heteroatoms. The van der Waals surface area contributed by atoms with E-state index in [1.807, 2.05) is 12.1 Å². The molecule has 1 aromatic rings. The van der Waals surface area contributed by atoms with Gasteiger partial charge in [-0.3, -0.25) is 0 Å². The molecule has 0 radical (unpaired) electrons. The standard InChI is InChI=1S/C22H30O3/c1-16-6-11-20-19(5-4-12-22(20,2)13-14-23)21(16)25-15-17-7-9-18(24-3)10-8-17/h7-11,14,16,19,21H,4-6,12-13,15H2,1-3H3/t16-,19-,21-,22+/m1/s1. The molecule has 0 amide bonds. The number of hydrogen-bond acceptors (Lipinski definition) is 3. The zero-order valence-electron chi connectivity index (χ0n) is 15.7. The Balaban J connectivity index is 1.72. The summed E-state index contributed by atoms with van der Waals surface area (Å²) in [5, 5.41) is 0. The molecule has 0 N–H and O–H groups in total. The highest BCUT2D eigenvalue weighted by Crippen LogP contribution is 2.51. The molecule has 0 spiro atoms. The smallest absolute Gasteiger partial charge is 0.120 e. The summed E-state index contributed by atoms with van der Waals surface area (Å²) in [5.74, 6) is 1.85. The van der Waals surface area contributed by atoms with Gasteiger partial charge in [-0.15, -0.1) is 0 Å². The molecule has 2 aliphatic carbocycles. The number of carbonyl (C=O) groups is 1. The molecule has 1 aromatic carbocycles. The van der Waals surface area contributed by atoms with E-state index in [2.05, 4.69) is 32.1 Å². The Labute approximate surface area is 151 Å². The lowest BCUT2D eigenvalue weighted by molar-refractivity contribution is -0.110. The van der Waals surface area contributed by atoms with E-state index in [0.717, 1.165) is 24.9 Å². The van der Waals surface area contributed by atoms with Gasteiger partial charge in [0.2, 0.25) is 0 Å². The topological polar surface area (TPSA) is 35.5 Å². The van der Waals surface area contributed by atoms with E-state index in [0.29, 0.717) is 24.9 Å². The van der Waals surface area contributed by atoms with E-state index >= 15 is 0 Å². The van der Waals surface area contributed by atoms with E-state index in [4.69, 9.17) is 9.47 Å². The van der Waals surface area contributed by atoms with E-state index in [1.54, 1.807) is 7.11 Å². The van der Waals surface area contributed by atoms with Crippen LogP contribution in [0, 0.1) is 17.3 Å². The zero-order valence-corrected chi connectivity index (χ0v) is 15.7. The molecule has 3 rings (SSSR count). The third-order valence-corrected chi connectivity index (χ3v) is 6.14. The molecule has 0 bridgehead atoms. The summed E-state index contributed by atoms with van der Waals surface area (Å²) in [6.07, 6.45) is 8.91. The Morgan fingerprint density at radius 1 is 1.28 bits per heavy atom. The second kappa shape index (κ2) is 7.74. The van der Waals surface area contributed by atoms with Gasteiger partial charge >= 0.3 is 0 Å². The first-order valence-corrected chi connectivity index (χ1v) is 9.46. The van der Waals surface area contributed by atoms with Gasteiger partial charge in [0.25, 0.3) is 0 Å². The Hall–Kier alpha value is -1.61. The molecular weight excluding hydrogens is 312 g/mol. The number of ether oxygens (including phenoxy) is 2. The van der Waals surface area contributed by atoms with Gasteiger partial charge in [-0.05, 0) is 48.3 Å². The van der Waals surface area contributed by atoms with Crippen LogP contribution in [0.15, 0.2) is 35.9 Å². The van der Waals surface area contributed by atoms with E-state index in [9.17, 15) is 4.79 Å². The number of rotatable bonds is 6. The summed E-state index contributed by atoms with van der Waals surface area (Å²) in [4.78, 5) is 11.2. The minimum atomic E-state index is 0.0343. The molecule has 0 saturated heterocycles. The van der Waals surface area contributed by atoms with Crippen LogP contribution in [0.25, 0.3) is 0 Å². The van der Waals surface area contributed by atoms with Gasteiger partial charge in [0.1, 0.15) is 12.0 Å². The van der Waals surface area contributed by atoms with E-state index in [-0.39, 0.29) is 11.5 Å². The van der Waals surface area contributed by atoms with Gasteiger partial charge in [0.15, 0.2) is 0 Å². The van der Waals surface area contributed by atoms with Crippen LogP contribution >= 0.6 is 0 Å². The Morgan fingerprint density at radius 2 is 2.04 bits per heavy atom. The normalized spacial score (nSPS) is 31.8. The SMILES string of the molecule is COc1ccc(CO[C@@H]2[C@H](C)CC=C3[C@H]2CCC[C@@]3(C)CC=O)cc1. The van der Waals surface area contributed by atoms with Gasteiger partial charge in [-0.2, -0.15) is 0 Å². The molecule has 25 heavy (non-hydrogen) atoms. The van der Waals surface area contributed by atoms with Crippen molar-refractivity contribution >= 4 is 6.29 Å². The predicted molar refractivity (Wildman–Crippen MR) is 99.6 cm³/mol. The van der Waals surface area contributed by atoms with Crippen molar-refractivity contribution < 1.29 is 14.3 Å². The van der Waals surface area contributed by atoms with Gasteiger partial charge in [0, 0.05) is 12.3 Å². The second-order valence-electron chi connectivity index (χ2n) is 7.93. The number of allylic oxidation sites excluding steroid dienone is 1. The summed E-state index contributed by atoms with van der Waals surface area (Å²) in [6, 6.07) is 8.10. The average Bonchev–Trinajstić information content (AvgIpc) is 2.61. The van der Waals surface area contributed by atoms with Crippen LogP contribution in [0.3, 0.4) is 0 Å². The van der Waals surface area contributed by atoms with E-state index < -0.39 is 0 Å².